The third-order valence-electron chi connectivity index (χ3n) is 3.77. The fourth-order valence-corrected chi connectivity index (χ4v) is 2.53. The molecular weight excluding hydrogens is 218 g/mol. The molecule has 1 N–H and O–H groups in total. The van der Waals surface area contributed by atoms with Crippen LogP contribution in [0.4, 0.5) is 0 Å². The number of nitrogens with one attached hydrogen (secondary N) is 1. The maximum absolute atomic E-state index is 11.3. The van der Waals surface area contributed by atoms with Crippen molar-refractivity contribution in [3.05, 3.63) is 0 Å². The Morgan fingerprint density at radius 3 is 2.76 bits per heavy atom. The van der Waals surface area contributed by atoms with Crippen molar-refractivity contribution in [2.24, 2.45) is 11.8 Å². The SMILES string of the molecule is [2H]C([3H])OCC1O[C@@H](CC)[C@H](NC(C)=O)[C@@H](C)[C@@H]1C. The molecule has 1 aliphatic heterocycles. The lowest BCUT2D eigenvalue weighted by Crippen LogP contribution is -2.57. The molecule has 0 saturated carbocycles. The Morgan fingerprint density at radius 1 is 1.53 bits per heavy atom. The molecule has 0 radical (unpaired) electrons. The van der Waals surface area contributed by atoms with Crippen LogP contribution in [0.15, 0.2) is 0 Å². The minimum Gasteiger partial charge on any atom is -0.382 e. The summed E-state index contributed by atoms with van der Waals surface area (Å²) in [5, 5.41) is 2.97. The van der Waals surface area contributed by atoms with Gasteiger partial charge in [0.05, 0.1) is 27.6 Å². The van der Waals surface area contributed by atoms with Crippen molar-refractivity contribution in [3.8, 4) is 0 Å². The molecule has 0 aromatic rings. The Labute approximate surface area is 107 Å². The van der Waals surface area contributed by atoms with Gasteiger partial charge in [-0.05, 0) is 18.3 Å². The average molecular weight is 246 g/mol. The van der Waals surface area contributed by atoms with Gasteiger partial charge in [0.25, 0.3) is 0 Å². The highest BCUT2D eigenvalue weighted by molar-refractivity contribution is 5.73. The maximum atomic E-state index is 11.3. The molecule has 17 heavy (non-hydrogen) atoms. The molecule has 100 valence electrons. The van der Waals surface area contributed by atoms with E-state index in [1.807, 2.05) is 6.92 Å². The summed E-state index contributed by atoms with van der Waals surface area (Å²) in [6.45, 7) is 7.96. The molecule has 0 aliphatic carbocycles. The Balaban J connectivity index is 2.70. The van der Waals surface area contributed by atoms with Crippen LogP contribution in [0.3, 0.4) is 0 Å². The zero-order chi connectivity index (χ0) is 14.6. The summed E-state index contributed by atoms with van der Waals surface area (Å²) in [6.07, 6.45) is 0.644. The minimum absolute atomic E-state index is 0.0107. The molecule has 1 heterocycles. The first-order chi connectivity index (χ1) is 8.86. The Kier molecular flexibility index (Phi) is 4.29. The van der Waals surface area contributed by atoms with Gasteiger partial charge in [0.2, 0.25) is 5.91 Å². The monoisotopic (exact) mass is 246 g/mol. The van der Waals surface area contributed by atoms with Crippen LogP contribution in [0.25, 0.3) is 0 Å². The minimum atomic E-state index is -1.28. The topological polar surface area (TPSA) is 47.6 Å². The number of hydrogen-bond donors (Lipinski definition) is 1. The Bertz CT molecular complexity index is 300. The van der Waals surface area contributed by atoms with Crippen LogP contribution < -0.4 is 5.32 Å². The predicted molar refractivity (Wildman–Crippen MR) is 66.8 cm³/mol. The van der Waals surface area contributed by atoms with Gasteiger partial charge in [-0.3, -0.25) is 4.79 Å². The van der Waals surface area contributed by atoms with Crippen LogP contribution in [0.5, 0.6) is 0 Å². The first kappa shape index (κ1) is 11.5. The third-order valence-corrected chi connectivity index (χ3v) is 3.77. The second-order valence-corrected chi connectivity index (χ2v) is 4.90. The molecule has 2 unspecified atom stereocenters. The van der Waals surface area contributed by atoms with Crippen molar-refractivity contribution in [2.75, 3.05) is 13.7 Å². The number of ether oxygens (including phenoxy) is 2. The fraction of sp³-hybridized carbons (Fsp3) is 0.923. The Hall–Kier alpha value is -0.610. The van der Waals surface area contributed by atoms with Gasteiger partial charge in [-0.2, -0.15) is 0 Å². The summed E-state index contributed by atoms with van der Waals surface area (Å²) in [5.74, 6) is 0.433. The second kappa shape index (κ2) is 6.36. The lowest BCUT2D eigenvalue weighted by atomic mass is 9.79. The van der Waals surface area contributed by atoms with Crippen LogP contribution in [0.2, 0.25) is 0 Å². The van der Waals surface area contributed by atoms with E-state index in [9.17, 15) is 4.79 Å². The van der Waals surface area contributed by atoms with E-state index in [-0.39, 0.29) is 42.6 Å². The Morgan fingerprint density at radius 2 is 2.24 bits per heavy atom. The quantitative estimate of drug-likeness (QED) is 0.819. The predicted octanol–water partition coefficient (Wildman–Crippen LogP) is 1.59. The summed E-state index contributed by atoms with van der Waals surface area (Å²) >= 11 is 0. The molecule has 0 aromatic carbocycles. The summed E-state index contributed by atoms with van der Waals surface area (Å²) in [4.78, 5) is 11.3. The highest BCUT2D eigenvalue weighted by Gasteiger charge is 2.40. The van der Waals surface area contributed by atoms with Crippen molar-refractivity contribution in [3.63, 3.8) is 0 Å². The summed E-state index contributed by atoms with van der Waals surface area (Å²) in [6, 6.07) is 0.0107. The van der Waals surface area contributed by atoms with E-state index in [0.717, 1.165) is 6.42 Å². The number of carbonyl (C=O) groups excluding carboxylic acids is 1. The standard InChI is InChI=1S/C13H25NO3/c1-6-11-13(14-10(4)15)9(3)8(2)12(17-11)7-16-5/h8-9,11-13H,6-7H2,1-5H3,(H,14,15)/t8-,9-,11-,12?,13+/m0/s1/i5TD/t5?,8-,9-,11-,12?,13+. The third kappa shape index (κ3) is 3.42. The van der Waals surface area contributed by atoms with Gasteiger partial charge >= 0.3 is 0 Å². The molecule has 1 rings (SSSR count). The number of carbonyl (C=O) groups is 1. The molecular formula is C13H25NO3. The van der Waals surface area contributed by atoms with Crippen molar-refractivity contribution >= 4 is 5.91 Å². The largest absolute Gasteiger partial charge is 0.382 e. The van der Waals surface area contributed by atoms with Crippen LogP contribution >= 0.6 is 0 Å². The van der Waals surface area contributed by atoms with Crippen LogP contribution in [-0.2, 0) is 14.3 Å². The number of rotatable bonds is 4. The zero-order valence-electron chi connectivity index (χ0n) is 13.1. The van der Waals surface area contributed by atoms with Gasteiger partial charge in [0, 0.05) is 14.0 Å². The van der Waals surface area contributed by atoms with Gasteiger partial charge in [-0.25, -0.2) is 0 Å². The van der Waals surface area contributed by atoms with Crippen molar-refractivity contribution in [1.82, 2.24) is 5.32 Å². The van der Waals surface area contributed by atoms with Crippen LogP contribution in [0, 0.1) is 11.8 Å². The van der Waals surface area contributed by atoms with Crippen LogP contribution in [-0.4, -0.2) is 37.8 Å². The van der Waals surface area contributed by atoms with E-state index in [0.29, 0.717) is 0 Å². The molecule has 4 nitrogen and oxygen atoms in total. The van der Waals surface area contributed by atoms with Gasteiger partial charge in [-0.15, -0.1) is 0 Å². The molecule has 6 atom stereocenters. The molecule has 1 saturated heterocycles. The zero-order valence-corrected chi connectivity index (χ0v) is 11.1. The van der Waals surface area contributed by atoms with E-state index >= 15 is 0 Å². The van der Waals surface area contributed by atoms with Gasteiger partial charge in [0.1, 0.15) is 0 Å². The highest BCUT2D eigenvalue weighted by atomic mass is 16.5. The summed E-state index contributed by atoms with van der Waals surface area (Å²) < 4.78 is 25.1. The van der Waals surface area contributed by atoms with E-state index in [1.165, 1.54) is 6.92 Å². The normalized spacial score (nSPS) is 41.3. The summed E-state index contributed by atoms with van der Waals surface area (Å²) in [7, 11) is -1.28. The average Bonchev–Trinajstić information content (AvgIpc) is 2.33. The molecule has 0 bridgehead atoms. The lowest BCUT2D eigenvalue weighted by molar-refractivity contribution is -0.148. The van der Waals surface area contributed by atoms with Crippen molar-refractivity contribution in [2.45, 2.75) is 52.4 Å². The number of amides is 1. The molecule has 1 aliphatic rings. The van der Waals surface area contributed by atoms with Gasteiger partial charge in [0.15, 0.2) is 0 Å². The maximum Gasteiger partial charge on any atom is 0.217 e. The molecule has 4 heteroatoms. The van der Waals surface area contributed by atoms with Crippen LogP contribution in [0.1, 0.15) is 36.9 Å². The fourth-order valence-electron chi connectivity index (χ4n) is 2.53. The first-order valence-electron chi connectivity index (χ1n) is 7.40. The smallest absolute Gasteiger partial charge is 0.217 e. The van der Waals surface area contributed by atoms with Gasteiger partial charge < -0.3 is 14.8 Å². The van der Waals surface area contributed by atoms with Crippen molar-refractivity contribution < 1.29 is 17.0 Å². The van der Waals surface area contributed by atoms with E-state index in [1.54, 1.807) is 0 Å². The number of hydrogen-bond acceptors (Lipinski definition) is 3. The molecule has 0 spiro atoms. The first-order valence-corrected chi connectivity index (χ1v) is 6.25. The molecule has 1 fully saturated rings. The lowest BCUT2D eigenvalue weighted by Gasteiger charge is -2.44. The van der Waals surface area contributed by atoms with E-state index in [2.05, 4.69) is 19.2 Å². The summed E-state index contributed by atoms with van der Waals surface area (Å²) in [5.41, 5.74) is 0. The molecule has 0 aromatic heterocycles. The van der Waals surface area contributed by atoms with E-state index in [4.69, 9.17) is 12.2 Å². The van der Waals surface area contributed by atoms with Crippen molar-refractivity contribution in [1.29, 1.82) is 0 Å². The highest BCUT2D eigenvalue weighted by Crippen LogP contribution is 2.32. The second-order valence-electron chi connectivity index (χ2n) is 4.90. The number of methoxy groups -OCH3 is 1. The van der Waals surface area contributed by atoms with E-state index < -0.39 is 7.06 Å². The van der Waals surface area contributed by atoms with Gasteiger partial charge in [-0.1, -0.05) is 20.8 Å². The molecule has 1 amide bonds.